The molecule has 7 heteroatoms. The lowest BCUT2D eigenvalue weighted by Crippen LogP contribution is -2.07. The zero-order valence-electron chi connectivity index (χ0n) is 6.43. The van der Waals surface area contributed by atoms with E-state index in [4.69, 9.17) is 11.3 Å². The van der Waals surface area contributed by atoms with Gasteiger partial charge in [-0.1, -0.05) is 5.92 Å². The molecule has 0 saturated carbocycles. The maximum absolute atomic E-state index is 10.9. The second-order valence-corrected chi connectivity index (χ2v) is 7.52. The van der Waals surface area contributed by atoms with Gasteiger partial charge in [-0.15, -0.1) is 6.42 Å². The van der Waals surface area contributed by atoms with Crippen LogP contribution in [0.4, 0.5) is 0 Å². The maximum Gasteiger partial charge on any atom is 0.443 e. The van der Waals surface area contributed by atoms with E-state index in [9.17, 15) is 13.0 Å². The third-order valence-electron chi connectivity index (χ3n) is 0.910. The zero-order chi connectivity index (χ0) is 9.83. The predicted octanol–water partition coefficient (Wildman–Crippen LogP) is 0.171. The van der Waals surface area contributed by atoms with Crippen LogP contribution in [0.1, 0.15) is 6.92 Å². The quantitative estimate of drug-likeness (QED) is 0.530. The summed E-state index contributed by atoms with van der Waals surface area (Å²) < 4.78 is 36.8. The van der Waals surface area contributed by atoms with E-state index in [1.54, 1.807) is 5.92 Å². The van der Waals surface area contributed by atoms with E-state index in [1.807, 2.05) is 0 Å². The van der Waals surface area contributed by atoms with Gasteiger partial charge in [0, 0.05) is 0 Å². The highest BCUT2D eigenvalue weighted by molar-refractivity contribution is 8.49. The zero-order valence-corrected chi connectivity index (χ0v) is 8.14. The van der Waals surface area contributed by atoms with E-state index in [0.29, 0.717) is 0 Å². The summed E-state index contributed by atoms with van der Waals surface area (Å²) in [6, 6.07) is 0. The van der Waals surface area contributed by atoms with Crippen LogP contribution in [0.15, 0.2) is 0 Å². The second kappa shape index (κ2) is 4.06. The summed E-state index contributed by atoms with van der Waals surface area (Å²) in [6.45, 7) is -3.33. The van der Waals surface area contributed by atoms with Gasteiger partial charge in [0.1, 0.15) is 5.75 Å². The number of rotatable bonds is 4. The summed E-state index contributed by atoms with van der Waals surface area (Å²) in [5.74, 6) is 0.981. The monoisotopic (exact) mass is 212 g/mol. The molecule has 0 aromatic heterocycles. The fraction of sp³-hybridized carbons (Fsp3) is 0.600. The van der Waals surface area contributed by atoms with Crippen molar-refractivity contribution in [2.45, 2.75) is 6.92 Å². The van der Waals surface area contributed by atoms with Crippen LogP contribution in [0.2, 0.25) is 0 Å². The van der Waals surface area contributed by atoms with Gasteiger partial charge in [0.05, 0.1) is 6.61 Å². The molecule has 1 unspecified atom stereocenters. The molecule has 0 amide bonds. The normalized spacial score (nSPS) is 16.4. The van der Waals surface area contributed by atoms with Crippen molar-refractivity contribution in [2.75, 3.05) is 12.4 Å². The van der Waals surface area contributed by atoms with Crippen LogP contribution < -0.4 is 0 Å². The largest absolute Gasteiger partial charge is 0.443 e. The smallest absolute Gasteiger partial charge is 0.313 e. The maximum atomic E-state index is 10.9. The van der Waals surface area contributed by atoms with Crippen LogP contribution in [0, 0.1) is 12.3 Å². The van der Waals surface area contributed by atoms with Crippen LogP contribution in [0.5, 0.6) is 0 Å². The molecule has 5 nitrogen and oxygen atoms in total. The molecule has 12 heavy (non-hydrogen) atoms. The third kappa shape index (κ3) is 2.61. The molecule has 0 radical (unpaired) electrons. The second-order valence-electron chi connectivity index (χ2n) is 1.82. The van der Waals surface area contributed by atoms with Gasteiger partial charge in [-0.2, -0.15) is 0 Å². The van der Waals surface area contributed by atoms with Crippen molar-refractivity contribution in [2.24, 2.45) is 0 Å². The molecule has 0 aromatic carbocycles. The molecule has 0 saturated heterocycles. The van der Waals surface area contributed by atoms with Crippen molar-refractivity contribution in [3.05, 3.63) is 0 Å². The van der Waals surface area contributed by atoms with Gasteiger partial charge in [0.25, 0.3) is 9.46 Å². The molecule has 70 valence electrons. The first-order chi connectivity index (χ1) is 5.37. The van der Waals surface area contributed by atoms with Crippen molar-refractivity contribution in [1.82, 2.24) is 0 Å². The summed E-state index contributed by atoms with van der Waals surface area (Å²) >= 11 is 0. The van der Waals surface area contributed by atoms with Gasteiger partial charge in [-0.05, 0) is 6.92 Å². The molecule has 1 N–H and O–H groups in total. The summed E-state index contributed by atoms with van der Waals surface area (Å²) in [7, 11) is -4.22. The first-order valence-electron chi connectivity index (χ1n) is 3.01. The molecule has 0 aliphatic heterocycles. The molecule has 0 heterocycles. The molecular weight excluding hydrogens is 203 g/mol. The first-order valence-corrected chi connectivity index (χ1v) is 6.84. The van der Waals surface area contributed by atoms with Crippen molar-refractivity contribution < 1.29 is 22.4 Å². The highest BCUT2D eigenvalue weighted by atomic mass is 32.8. The Bertz CT molecular complexity index is 324. The van der Waals surface area contributed by atoms with E-state index in [0.717, 1.165) is 0 Å². The van der Waals surface area contributed by atoms with Crippen LogP contribution in [-0.2, 0) is 18.5 Å². The van der Waals surface area contributed by atoms with Crippen molar-refractivity contribution >= 4 is 16.3 Å². The van der Waals surface area contributed by atoms with Crippen molar-refractivity contribution in [3.8, 4) is 12.3 Å². The third-order valence-corrected chi connectivity index (χ3v) is 5.54. The highest BCUT2D eigenvalue weighted by Gasteiger charge is 2.36. The van der Waals surface area contributed by atoms with E-state index >= 15 is 0 Å². The van der Waals surface area contributed by atoms with E-state index < -0.39 is 22.0 Å². The van der Waals surface area contributed by atoms with Crippen LogP contribution >= 0.6 is 6.80 Å². The SMILES string of the molecule is C#CCS(=O)(=O)P(=O)(O)OCC. The van der Waals surface area contributed by atoms with Gasteiger partial charge < -0.3 is 4.89 Å². The number of terminal acetylenes is 1. The van der Waals surface area contributed by atoms with Gasteiger partial charge in [-0.3, -0.25) is 4.52 Å². The van der Waals surface area contributed by atoms with Crippen LogP contribution in [0.3, 0.4) is 0 Å². The summed E-state index contributed by atoms with van der Waals surface area (Å²) in [4.78, 5) is 8.82. The minimum absolute atomic E-state index is 0.155. The molecule has 0 spiro atoms. The molecule has 0 bridgehead atoms. The van der Waals surface area contributed by atoms with Crippen molar-refractivity contribution in [1.29, 1.82) is 0 Å². The fourth-order valence-corrected chi connectivity index (χ4v) is 2.80. The van der Waals surface area contributed by atoms with Gasteiger partial charge in [0.15, 0.2) is 0 Å². The fourth-order valence-electron chi connectivity index (χ4n) is 0.430. The highest BCUT2D eigenvalue weighted by Crippen LogP contribution is 2.49. The van der Waals surface area contributed by atoms with Gasteiger partial charge >= 0.3 is 6.80 Å². The minimum Gasteiger partial charge on any atom is -0.313 e. The number of hydrogen-bond donors (Lipinski definition) is 1. The Hall–Kier alpha value is -0.340. The van der Waals surface area contributed by atoms with Crippen LogP contribution in [-0.4, -0.2) is 25.7 Å². The Morgan fingerprint density at radius 2 is 2.17 bits per heavy atom. The van der Waals surface area contributed by atoms with Crippen molar-refractivity contribution in [3.63, 3.8) is 0 Å². The number of hydrogen-bond acceptors (Lipinski definition) is 4. The van der Waals surface area contributed by atoms with Gasteiger partial charge in [0.2, 0.25) is 0 Å². The molecule has 0 rings (SSSR count). The lowest BCUT2D eigenvalue weighted by atomic mass is 10.8. The topological polar surface area (TPSA) is 80.7 Å². The Morgan fingerprint density at radius 3 is 2.50 bits per heavy atom. The van der Waals surface area contributed by atoms with E-state index in [1.165, 1.54) is 6.92 Å². The molecule has 0 aliphatic rings. The molecule has 0 aromatic rings. The Kier molecular flexibility index (Phi) is 3.94. The summed E-state index contributed by atoms with van der Waals surface area (Å²) in [5.41, 5.74) is 0. The standard InChI is InChI=1S/C5H9O5PS/c1-3-5-12(8,9)11(6,7)10-4-2/h1H,4-5H2,2H3,(H,6,7). The molecule has 0 fully saturated rings. The Labute approximate surface area is 70.9 Å². The molecule has 1 atom stereocenters. The van der Waals surface area contributed by atoms with E-state index in [2.05, 4.69) is 4.52 Å². The predicted molar refractivity (Wildman–Crippen MR) is 44.1 cm³/mol. The first kappa shape index (κ1) is 11.7. The molecule has 0 aliphatic carbocycles. The lowest BCUT2D eigenvalue weighted by molar-refractivity contribution is 0.288. The molecular formula is C5H9O5PS. The lowest BCUT2D eigenvalue weighted by Gasteiger charge is -2.08. The average Bonchev–Trinajstić information content (AvgIpc) is 1.86. The van der Waals surface area contributed by atoms with Gasteiger partial charge in [-0.25, -0.2) is 13.0 Å². The Balaban J connectivity index is 4.81. The summed E-state index contributed by atoms with van der Waals surface area (Å²) in [6.07, 6.45) is 4.69. The summed E-state index contributed by atoms with van der Waals surface area (Å²) in [5, 5.41) is 0. The van der Waals surface area contributed by atoms with Crippen LogP contribution in [0.25, 0.3) is 0 Å². The minimum atomic E-state index is -4.58. The average molecular weight is 212 g/mol. The van der Waals surface area contributed by atoms with E-state index in [-0.39, 0.29) is 6.61 Å². The Morgan fingerprint density at radius 1 is 1.67 bits per heavy atom.